The highest BCUT2D eigenvalue weighted by Crippen LogP contribution is 2.35. The zero-order chi connectivity index (χ0) is 17.6. The lowest BCUT2D eigenvalue weighted by Crippen LogP contribution is -2.41. The van der Waals surface area contributed by atoms with Crippen LogP contribution in [-0.2, 0) is 13.1 Å². The number of rotatable bonds is 9. The number of benzene rings is 2. The minimum absolute atomic E-state index is 0.335. The molecule has 0 saturated heterocycles. The fourth-order valence-electron chi connectivity index (χ4n) is 3.28. The molecule has 4 nitrogen and oxygen atoms in total. The second-order valence-electron chi connectivity index (χ2n) is 6.94. The van der Waals surface area contributed by atoms with Crippen LogP contribution >= 0.6 is 0 Å². The molecule has 2 aromatic rings. The van der Waals surface area contributed by atoms with E-state index in [2.05, 4.69) is 47.6 Å². The zero-order valence-electron chi connectivity index (χ0n) is 14.7. The Balaban J connectivity index is 1.51. The molecule has 0 aromatic heterocycles. The van der Waals surface area contributed by atoms with Gasteiger partial charge in [0.25, 0.3) is 0 Å². The van der Waals surface area contributed by atoms with Crippen molar-refractivity contribution in [3.8, 4) is 0 Å². The summed E-state index contributed by atoms with van der Waals surface area (Å²) in [6.45, 7) is 2.69. The van der Waals surface area contributed by atoms with Crippen molar-refractivity contribution in [2.24, 2.45) is 5.92 Å². The molecule has 4 heteroatoms. The number of carboxylic acids is 1. The molecular formula is C21H26N2O2. The van der Waals surface area contributed by atoms with E-state index in [0.717, 1.165) is 31.1 Å². The maximum atomic E-state index is 10.9. The van der Waals surface area contributed by atoms with Gasteiger partial charge < -0.3 is 10.4 Å². The first-order chi connectivity index (χ1) is 12.1. The van der Waals surface area contributed by atoms with Crippen molar-refractivity contribution in [3.05, 3.63) is 71.3 Å². The summed E-state index contributed by atoms with van der Waals surface area (Å²) in [6.07, 6.45) is 2.64. The van der Waals surface area contributed by atoms with Gasteiger partial charge in [-0.25, -0.2) is 4.79 Å². The van der Waals surface area contributed by atoms with Crippen LogP contribution in [-0.4, -0.2) is 35.6 Å². The third-order valence-corrected chi connectivity index (χ3v) is 4.89. The molecule has 1 atom stereocenters. The minimum atomic E-state index is -0.879. The average molecular weight is 338 g/mol. The highest BCUT2D eigenvalue weighted by molar-refractivity contribution is 5.87. The molecule has 1 unspecified atom stereocenters. The van der Waals surface area contributed by atoms with Crippen molar-refractivity contribution in [2.45, 2.75) is 32.0 Å². The molecule has 0 aliphatic heterocycles. The average Bonchev–Trinajstić information content (AvgIpc) is 3.45. The molecule has 1 aliphatic carbocycles. The van der Waals surface area contributed by atoms with E-state index >= 15 is 0 Å². The largest absolute Gasteiger partial charge is 0.478 e. The molecule has 25 heavy (non-hydrogen) atoms. The molecule has 1 aliphatic rings. The first-order valence-corrected chi connectivity index (χ1v) is 8.90. The van der Waals surface area contributed by atoms with Crippen LogP contribution in [0.3, 0.4) is 0 Å². The first-order valence-electron chi connectivity index (χ1n) is 8.90. The maximum Gasteiger partial charge on any atom is 0.335 e. The normalized spacial score (nSPS) is 15.3. The van der Waals surface area contributed by atoms with Gasteiger partial charge in [-0.3, -0.25) is 4.90 Å². The summed E-state index contributed by atoms with van der Waals surface area (Å²) < 4.78 is 0. The third-order valence-electron chi connectivity index (χ3n) is 4.89. The Kier molecular flexibility index (Phi) is 5.84. The SMILES string of the molecule is CN(Cc1ccccc1)C(CNCc1ccc(C(=O)O)cc1)C1CC1. The Morgan fingerprint density at radius 3 is 2.40 bits per heavy atom. The summed E-state index contributed by atoms with van der Waals surface area (Å²) in [5, 5.41) is 12.5. The van der Waals surface area contributed by atoms with Crippen molar-refractivity contribution >= 4 is 5.97 Å². The number of aromatic carboxylic acids is 1. The van der Waals surface area contributed by atoms with Gasteiger partial charge in [-0.15, -0.1) is 0 Å². The smallest absolute Gasteiger partial charge is 0.335 e. The molecule has 1 saturated carbocycles. The Morgan fingerprint density at radius 1 is 1.12 bits per heavy atom. The van der Waals surface area contributed by atoms with Gasteiger partial charge in [0.05, 0.1) is 5.56 Å². The summed E-state index contributed by atoms with van der Waals surface area (Å²) in [7, 11) is 2.21. The highest BCUT2D eigenvalue weighted by atomic mass is 16.4. The van der Waals surface area contributed by atoms with E-state index in [0.29, 0.717) is 11.6 Å². The van der Waals surface area contributed by atoms with Gasteiger partial charge in [0.2, 0.25) is 0 Å². The van der Waals surface area contributed by atoms with Crippen LogP contribution in [0.5, 0.6) is 0 Å². The summed E-state index contributed by atoms with van der Waals surface area (Å²) >= 11 is 0. The molecule has 0 heterocycles. The quantitative estimate of drug-likeness (QED) is 0.736. The topological polar surface area (TPSA) is 52.6 Å². The van der Waals surface area contributed by atoms with Crippen LogP contribution in [0.2, 0.25) is 0 Å². The Bertz CT molecular complexity index is 681. The van der Waals surface area contributed by atoms with E-state index in [1.807, 2.05) is 12.1 Å². The van der Waals surface area contributed by atoms with E-state index in [9.17, 15) is 4.79 Å². The van der Waals surface area contributed by atoms with Gasteiger partial charge in [0.15, 0.2) is 0 Å². The van der Waals surface area contributed by atoms with Gasteiger partial charge in [0, 0.05) is 25.7 Å². The first kappa shape index (κ1) is 17.6. The van der Waals surface area contributed by atoms with Crippen molar-refractivity contribution in [2.75, 3.05) is 13.6 Å². The van der Waals surface area contributed by atoms with Crippen molar-refractivity contribution < 1.29 is 9.90 Å². The molecule has 3 rings (SSSR count). The molecule has 0 bridgehead atoms. The Hall–Kier alpha value is -2.17. The molecule has 1 fully saturated rings. The van der Waals surface area contributed by atoms with Crippen LogP contribution in [0.4, 0.5) is 0 Å². The number of nitrogens with one attached hydrogen (secondary N) is 1. The number of hydrogen-bond donors (Lipinski definition) is 2. The lowest BCUT2D eigenvalue weighted by molar-refractivity contribution is 0.0697. The third kappa shape index (κ3) is 5.15. The predicted molar refractivity (Wildman–Crippen MR) is 99.5 cm³/mol. The van der Waals surface area contributed by atoms with Crippen LogP contribution in [0.25, 0.3) is 0 Å². The Labute approximate surface area is 149 Å². The molecule has 0 spiro atoms. The van der Waals surface area contributed by atoms with Crippen LogP contribution in [0.1, 0.15) is 34.3 Å². The fourth-order valence-corrected chi connectivity index (χ4v) is 3.28. The molecule has 0 amide bonds. The molecule has 2 aromatic carbocycles. The van der Waals surface area contributed by atoms with Gasteiger partial charge in [0.1, 0.15) is 0 Å². The van der Waals surface area contributed by atoms with E-state index in [1.54, 1.807) is 12.1 Å². The lowest BCUT2D eigenvalue weighted by atomic mass is 10.1. The van der Waals surface area contributed by atoms with Gasteiger partial charge >= 0.3 is 5.97 Å². The molecule has 0 radical (unpaired) electrons. The zero-order valence-corrected chi connectivity index (χ0v) is 14.7. The monoisotopic (exact) mass is 338 g/mol. The van der Waals surface area contributed by atoms with Gasteiger partial charge in [-0.2, -0.15) is 0 Å². The standard InChI is InChI=1S/C21H26N2O2/c1-23(15-17-5-3-2-4-6-17)20(18-11-12-18)14-22-13-16-7-9-19(10-8-16)21(24)25/h2-10,18,20,22H,11-15H2,1H3,(H,24,25). The number of likely N-dealkylation sites (N-methyl/N-ethyl adjacent to an activating group) is 1. The van der Waals surface area contributed by atoms with E-state index in [1.165, 1.54) is 18.4 Å². The van der Waals surface area contributed by atoms with E-state index in [4.69, 9.17) is 5.11 Å². The van der Waals surface area contributed by atoms with Crippen molar-refractivity contribution in [1.29, 1.82) is 0 Å². The summed E-state index contributed by atoms with van der Waals surface area (Å²) in [4.78, 5) is 13.4. The number of carbonyl (C=O) groups is 1. The van der Waals surface area contributed by atoms with Crippen molar-refractivity contribution in [1.82, 2.24) is 10.2 Å². The van der Waals surface area contributed by atoms with Crippen molar-refractivity contribution in [3.63, 3.8) is 0 Å². The Morgan fingerprint density at radius 2 is 1.80 bits per heavy atom. The minimum Gasteiger partial charge on any atom is -0.478 e. The summed E-state index contributed by atoms with van der Waals surface area (Å²) in [5.41, 5.74) is 2.80. The lowest BCUT2D eigenvalue weighted by Gasteiger charge is -2.28. The van der Waals surface area contributed by atoms with Crippen LogP contribution in [0, 0.1) is 5.92 Å². The number of carboxylic acid groups (broad SMARTS) is 1. The van der Waals surface area contributed by atoms with E-state index < -0.39 is 5.97 Å². The fraction of sp³-hybridized carbons (Fsp3) is 0.381. The number of nitrogens with zero attached hydrogens (tertiary/aromatic N) is 1. The number of hydrogen-bond acceptors (Lipinski definition) is 3. The summed E-state index contributed by atoms with van der Waals surface area (Å²) in [6, 6.07) is 18.2. The maximum absolute atomic E-state index is 10.9. The second kappa shape index (κ2) is 8.28. The van der Waals surface area contributed by atoms with Crippen LogP contribution in [0.15, 0.2) is 54.6 Å². The summed E-state index contributed by atoms with van der Waals surface area (Å²) in [5.74, 6) is -0.0913. The molecule has 132 valence electrons. The molecule has 2 N–H and O–H groups in total. The molecular weight excluding hydrogens is 312 g/mol. The van der Waals surface area contributed by atoms with Gasteiger partial charge in [-0.05, 0) is 49.1 Å². The predicted octanol–water partition coefficient (Wildman–Crippen LogP) is 3.39. The van der Waals surface area contributed by atoms with Crippen LogP contribution < -0.4 is 5.32 Å². The highest BCUT2D eigenvalue weighted by Gasteiger charge is 2.33. The second-order valence-corrected chi connectivity index (χ2v) is 6.94. The van der Waals surface area contributed by atoms with Gasteiger partial charge in [-0.1, -0.05) is 42.5 Å². The van der Waals surface area contributed by atoms with E-state index in [-0.39, 0.29) is 0 Å².